The van der Waals surface area contributed by atoms with Gasteiger partial charge < -0.3 is 4.57 Å². The minimum absolute atomic E-state index is 0.281. The predicted molar refractivity (Wildman–Crippen MR) is 108 cm³/mol. The van der Waals surface area contributed by atoms with Crippen LogP contribution in [0.15, 0.2) is 65.7 Å². The van der Waals surface area contributed by atoms with Crippen molar-refractivity contribution < 1.29 is 8.42 Å². The van der Waals surface area contributed by atoms with Gasteiger partial charge >= 0.3 is 0 Å². The number of benzene rings is 2. The first-order valence-electron chi connectivity index (χ1n) is 8.56. The molecule has 2 heterocycles. The highest BCUT2D eigenvalue weighted by Crippen LogP contribution is 2.39. The normalized spacial score (nSPS) is 17.7. The molecule has 1 aliphatic heterocycles. The molecule has 7 heteroatoms. The largest absolute Gasteiger partial charge is 0.348 e. The van der Waals surface area contributed by atoms with Crippen molar-refractivity contribution in [1.82, 2.24) is 8.87 Å². The maximum Gasteiger partial charge on any atom is 0.244 e. The summed E-state index contributed by atoms with van der Waals surface area (Å²) in [5.74, 6) is 0. The predicted octanol–water partition coefficient (Wildman–Crippen LogP) is 4.90. The van der Waals surface area contributed by atoms with Gasteiger partial charge in [-0.3, -0.25) is 0 Å². The molecule has 1 aromatic heterocycles. The summed E-state index contributed by atoms with van der Waals surface area (Å²) < 4.78 is 30.5. The van der Waals surface area contributed by atoms with Crippen molar-refractivity contribution in [3.8, 4) is 0 Å². The van der Waals surface area contributed by atoms with Crippen LogP contribution in [0.1, 0.15) is 22.9 Å². The summed E-state index contributed by atoms with van der Waals surface area (Å²) in [6.45, 7) is 2.89. The Kier molecular flexibility index (Phi) is 4.80. The highest BCUT2D eigenvalue weighted by molar-refractivity contribution is 7.89. The summed E-state index contributed by atoms with van der Waals surface area (Å²) in [5.41, 5.74) is 2.62. The van der Waals surface area contributed by atoms with Gasteiger partial charge in [0.15, 0.2) is 0 Å². The van der Waals surface area contributed by atoms with Crippen LogP contribution in [0.3, 0.4) is 0 Å². The van der Waals surface area contributed by atoms with Gasteiger partial charge in [0.25, 0.3) is 0 Å². The Morgan fingerprint density at radius 1 is 1.00 bits per heavy atom. The third-order valence-electron chi connectivity index (χ3n) is 4.88. The van der Waals surface area contributed by atoms with E-state index in [0.29, 0.717) is 23.1 Å². The number of sulfonamides is 1. The fourth-order valence-corrected chi connectivity index (χ4v) is 5.59. The minimum atomic E-state index is -3.70. The molecule has 0 bridgehead atoms. The van der Waals surface area contributed by atoms with E-state index in [4.69, 9.17) is 23.2 Å². The van der Waals surface area contributed by atoms with Gasteiger partial charge in [-0.05, 0) is 48.9 Å². The summed E-state index contributed by atoms with van der Waals surface area (Å²) in [4.78, 5) is 0.281. The topological polar surface area (TPSA) is 42.3 Å². The van der Waals surface area contributed by atoms with Gasteiger partial charge in [-0.15, -0.1) is 0 Å². The van der Waals surface area contributed by atoms with E-state index in [1.807, 2.05) is 37.4 Å². The minimum Gasteiger partial charge on any atom is -0.348 e. The van der Waals surface area contributed by atoms with Gasteiger partial charge in [0.2, 0.25) is 10.0 Å². The Labute approximate surface area is 169 Å². The smallest absolute Gasteiger partial charge is 0.244 e. The summed E-state index contributed by atoms with van der Waals surface area (Å²) in [6, 6.07) is 15.5. The Hall–Kier alpha value is -1.79. The van der Waals surface area contributed by atoms with Crippen LogP contribution in [0.5, 0.6) is 0 Å². The zero-order chi connectivity index (χ0) is 19.2. The Morgan fingerprint density at radius 2 is 1.74 bits per heavy atom. The monoisotopic (exact) mass is 420 g/mol. The van der Waals surface area contributed by atoms with Gasteiger partial charge in [-0.1, -0.05) is 47.0 Å². The molecule has 1 aliphatic rings. The van der Waals surface area contributed by atoms with E-state index in [0.717, 1.165) is 16.8 Å². The molecule has 0 amide bonds. The average molecular weight is 421 g/mol. The first kappa shape index (κ1) is 18.6. The summed E-state index contributed by atoms with van der Waals surface area (Å²) in [7, 11) is -3.70. The number of fused-ring (bicyclic) bond motifs is 1. The van der Waals surface area contributed by atoms with E-state index in [9.17, 15) is 8.42 Å². The van der Waals surface area contributed by atoms with Crippen molar-refractivity contribution in [2.75, 3.05) is 6.54 Å². The molecule has 0 radical (unpaired) electrons. The fraction of sp³-hybridized carbons (Fsp3) is 0.200. The first-order valence-corrected chi connectivity index (χ1v) is 10.8. The van der Waals surface area contributed by atoms with Crippen molar-refractivity contribution in [2.45, 2.75) is 24.4 Å². The van der Waals surface area contributed by atoms with E-state index >= 15 is 0 Å². The van der Waals surface area contributed by atoms with Crippen LogP contribution in [0.4, 0.5) is 0 Å². The van der Waals surface area contributed by atoms with E-state index in [2.05, 4.69) is 4.57 Å². The van der Waals surface area contributed by atoms with Gasteiger partial charge in [0, 0.05) is 35.0 Å². The third kappa shape index (κ3) is 3.29. The maximum absolute atomic E-state index is 13.4. The Morgan fingerprint density at radius 3 is 2.44 bits per heavy atom. The fourth-order valence-electron chi connectivity index (χ4n) is 3.50. The van der Waals surface area contributed by atoms with Gasteiger partial charge in [-0.25, -0.2) is 8.42 Å². The molecule has 0 unspecified atom stereocenters. The van der Waals surface area contributed by atoms with E-state index in [-0.39, 0.29) is 4.90 Å². The van der Waals surface area contributed by atoms with Crippen LogP contribution in [0.25, 0.3) is 0 Å². The molecule has 0 saturated heterocycles. The molecular formula is C20H18Cl2N2O2S. The SMILES string of the molecule is Cc1ccc(S(=O)(=O)N2CCn3cccc3[C@H]2c2ccc(Cl)cc2Cl)cc1. The van der Waals surface area contributed by atoms with Crippen LogP contribution >= 0.6 is 23.2 Å². The average Bonchev–Trinajstić information content (AvgIpc) is 3.10. The third-order valence-corrected chi connectivity index (χ3v) is 7.32. The molecule has 0 saturated carbocycles. The van der Waals surface area contributed by atoms with Gasteiger partial charge in [0.05, 0.1) is 10.9 Å². The lowest BCUT2D eigenvalue weighted by atomic mass is 10.0. The molecule has 0 aliphatic carbocycles. The van der Waals surface area contributed by atoms with Crippen molar-refractivity contribution in [3.63, 3.8) is 0 Å². The second-order valence-electron chi connectivity index (χ2n) is 6.62. The van der Waals surface area contributed by atoms with Crippen molar-refractivity contribution in [3.05, 3.63) is 87.7 Å². The number of halogens is 2. The van der Waals surface area contributed by atoms with Crippen LogP contribution in [-0.2, 0) is 16.6 Å². The number of aryl methyl sites for hydroxylation is 1. The summed E-state index contributed by atoms with van der Waals surface area (Å²) >= 11 is 12.5. The zero-order valence-corrected chi connectivity index (χ0v) is 17.0. The van der Waals surface area contributed by atoms with E-state index in [1.165, 1.54) is 4.31 Å². The molecule has 27 heavy (non-hydrogen) atoms. The van der Waals surface area contributed by atoms with Gasteiger partial charge in [0.1, 0.15) is 0 Å². The lowest BCUT2D eigenvalue weighted by molar-refractivity contribution is 0.298. The number of hydrogen-bond acceptors (Lipinski definition) is 2. The molecule has 140 valence electrons. The highest BCUT2D eigenvalue weighted by atomic mass is 35.5. The standard InChI is InChI=1S/C20H18Cl2N2O2S/c1-14-4-7-16(8-5-14)27(25,26)24-12-11-23-10-2-3-19(23)20(24)17-9-6-15(21)13-18(17)22/h2-10,13,20H,11-12H2,1H3/t20-/m1/s1. The second kappa shape index (κ2) is 6.99. The van der Waals surface area contributed by atoms with Crippen molar-refractivity contribution >= 4 is 33.2 Å². The van der Waals surface area contributed by atoms with Gasteiger partial charge in [-0.2, -0.15) is 4.31 Å². The Balaban J connectivity index is 1.87. The molecule has 4 nitrogen and oxygen atoms in total. The van der Waals surface area contributed by atoms with Crippen molar-refractivity contribution in [1.29, 1.82) is 0 Å². The molecule has 0 N–H and O–H groups in total. The molecule has 1 atom stereocenters. The lowest BCUT2D eigenvalue weighted by Crippen LogP contribution is -2.42. The number of rotatable bonds is 3. The van der Waals surface area contributed by atoms with Crippen LogP contribution < -0.4 is 0 Å². The van der Waals surface area contributed by atoms with Crippen LogP contribution in [-0.4, -0.2) is 23.8 Å². The molecule has 0 fully saturated rings. The lowest BCUT2D eigenvalue weighted by Gasteiger charge is -2.36. The van der Waals surface area contributed by atoms with Crippen LogP contribution in [0, 0.1) is 6.92 Å². The zero-order valence-electron chi connectivity index (χ0n) is 14.6. The van der Waals surface area contributed by atoms with E-state index in [1.54, 1.807) is 30.3 Å². The quantitative estimate of drug-likeness (QED) is 0.604. The van der Waals surface area contributed by atoms with E-state index < -0.39 is 16.1 Å². The molecule has 3 aromatic rings. The van der Waals surface area contributed by atoms with Crippen LogP contribution in [0.2, 0.25) is 10.0 Å². The Bertz CT molecular complexity index is 1090. The summed E-state index contributed by atoms with van der Waals surface area (Å²) in [6.07, 6.45) is 1.96. The molecule has 0 spiro atoms. The number of hydrogen-bond donors (Lipinski definition) is 0. The summed E-state index contributed by atoms with van der Waals surface area (Å²) in [5, 5.41) is 0.967. The first-order chi connectivity index (χ1) is 12.9. The number of nitrogens with zero attached hydrogens (tertiary/aromatic N) is 2. The highest BCUT2D eigenvalue weighted by Gasteiger charge is 2.38. The second-order valence-corrected chi connectivity index (χ2v) is 9.36. The molecular weight excluding hydrogens is 403 g/mol. The van der Waals surface area contributed by atoms with Crippen molar-refractivity contribution in [2.24, 2.45) is 0 Å². The maximum atomic E-state index is 13.4. The molecule has 2 aromatic carbocycles. The molecule has 4 rings (SSSR count). The number of aromatic nitrogens is 1.